The third-order valence-electron chi connectivity index (χ3n) is 2.51. The van der Waals surface area contributed by atoms with Gasteiger partial charge in [-0.3, -0.25) is 0 Å². The van der Waals surface area contributed by atoms with Crippen LogP contribution in [-0.2, 0) is 0 Å². The van der Waals surface area contributed by atoms with E-state index in [0.717, 1.165) is 6.54 Å². The zero-order chi connectivity index (χ0) is 10.4. The van der Waals surface area contributed by atoms with Crippen LogP contribution in [0.25, 0.3) is 0 Å². The van der Waals surface area contributed by atoms with Crippen LogP contribution in [0.5, 0.6) is 0 Å². The Morgan fingerprint density at radius 2 is 2.00 bits per heavy atom. The first-order valence-corrected chi connectivity index (χ1v) is 5.39. The Balaban J connectivity index is 3.84. The number of rotatable bonds is 6. The SMILES string of the molecule is CCCC(C)N(C)CC(C)C(N)=S. The minimum Gasteiger partial charge on any atom is -0.393 e. The second kappa shape index (κ2) is 6.33. The van der Waals surface area contributed by atoms with E-state index >= 15 is 0 Å². The maximum Gasteiger partial charge on any atom is 0.0768 e. The third kappa shape index (κ3) is 5.21. The molecule has 0 heterocycles. The molecule has 2 atom stereocenters. The molecule has 0 fully saturated rings. The summed E-state index contributed by atoms with van der Waals surface area (Å²) in [4.78, 5) is 2.95. The molecule has 0 rings (SSSR count). The molecule has 0 spiro atoms. The Morgan fingerprint density at radius 3 is 2.38 bits per heavy atom. The normalized spacial score (nSPS) is 15.8. The second-order valence-electron chi connectivity index (χ2n) is 3.88. The lowest BCUT2D eigenvalue weighted by Crippen LogP contribution is -2.36. The lowest BCUT2D eigenvalue weighted by Gasteiger charge is -2.26. The Kier molecular flexibility index (Phi) is 6.25. The lowest BCUT2D eigenvalue weighted by atomic mass is 10.1. The van der Waals surface area contributed by atoms with E-state index < -0.39 is 0 Å². The highest BCUT2D eigenvalue weighted by molar-refractivity contribution is 7.80. The van der Waals surface area contributed by atoms with Crippen molar-refractivity contribution in [2.45, 2.75) is 39.7 Å². The predicted octanol–water partition coefficient (Wildman–Crippen LogP) is 2.03. The number of nitrogens with two attached hydrogens (primary N) is 1. The summed E-state index contributed by atoms with van der Waals surface area (Å²) >= 11 is 4.94. The van der Waals surface area contributed by atoms with Crippen LogP contribution in [0.15, 0.2) is 0 Å². The van der Waals surface area contributed by atoms with Gasteiger partial charge in [-0.2, -0.15) is 0 Å². The van der Waals surface area contributed by atoms with Gasteiger partial charge in [0, 0.05) is 18.5 Å². The van der Waals surface area contributed by atoms with Gasteiger partial charge in [-0.05, 0) is 20.4 Å². The average Bonchev–Trinajstić information content (AvgIpc) is 2.04. The molecule has 78 valence electrons. The molecule has 0 aromatic carbocycles. The summed E-state index contributed by atoms with van der Waals surface area (Å²) in [7, 11) is 2.13. The fraction of sp³-hybridized carbons (Fsp3) is 0.900. The van der Waals surface area contributed by atoms with E-state index in [9.17, 15) is 0 Å². The lowest BCUT2D eigenvalue weighted by molar-refractivity contribution is 0.232. The van der Waals surface area contributed by atoms with Gasteiger partial charge in [0.25, 0.3) is 0 Å². The second-order valence-corrected chi connectivity index (χ2v) is 4.35. The molecule has 2 N–H and O–H groups in total. The van der Waals surface area contributed by atoms with E-state index in [1.807, 2.05) is 0 Å². The number of hydrogen-bond acceptors (Lipinski definition) is 2. The monoisotopic (exact) mass is 202 g/mol. The predicted molar refractivity (Wildman–Crippen MR) is 62.9 cm³/mol. The first-order chi connectivity index (χ1) is 5.99. The smallest absolute Gasteiger partial charge is 0.0768 e. The van der Waals surface area contributed by atoms with E-state index in [-0.39, 0.29) is 0 Å². The molecule has 0 bridgehead atoms. The molecular weight excluding hydrogens is 180 g/mol. The fourth-order valence-electron chi connectivity index (χ4n) is 1.34. The molecule has 13 heavy (non-hydrogen) atoms. The summed E-state index contributed by atoms with van der Waals surface area (Å²) in [5.74, 6) is 0.319. The van der Waals surface area contributed by atoms with Gasteiger partial charge < -0.3 is 10.6 Å². The van der Waals surface area contributed by atoms with E-state index in [1.165, 1.54) is 12.8 Å². The standard InChI is InChI=1S/C10H22N2S/c1-5-6-9(3)12(4)7-8(2)10(11)13/h8-9H,5-7H2,1-4H3,(H2,11,13). The van der Waals surface area contributed by atoms with E-state index in [4.69, 9.17) is 18.0 Å². The number of hydrogen-bond donors (Lipinski definition) is 1. The Morgan fingerprint density at radius 1 is 1.46 bits per heavy atom. The molecule has 2 unspecified atom stereocenters. The van der Waals surface area contributed by atoms with Crippen molar-refractivity contribution >= 4 is 17.2 Å². The zero-order valence-electron chi connectivity index (χ0n) is 9.21. The highest BCUT2D eigenvalue weighted by Gasteiger charge is 2.12. The first-order valence-electron chi connectivity index (χ1n) is 4.98. The summed E-state index contributed by atoms with van der Waals surface area (Å²) in [5.41, 5.74) is 5.56. The van der Waals surface area contributed by atoms with Crippen LogP contribution in [0, 0.1) is 5.92 Å². The number of thiocarbonyl (C=S) groups is 1. The summed E-state index contributed by atoms with van der Waals surface area (Å²) in [6.07, 6.45) is 2.47. The van der Waals surface area contributed by atoms with Crippen molar-refractivity contribution in [3.05, 3.63) is 0 Å². The van der Waals surface area contributed by atoms with Gasteiger partial charge in [-0.25, -0.2) is 0 Å². The molecule has 0 radical (unpaired) electrons. The average molecular weight is 202 g/mol. The Labute approximate surface area is 87.5 Å². The van der Waals surface area contributed by atoms with Crippen LogP contribution in [0.3, 0.4) is 0 Å². The van der Waals surface area contributed by atoms with E-state index in [2.05, 4.69) is 32.7 Å². The molecule has 0 aromatic heterocycles. The molecule has 0 aliphatic heterocycles. The number of nitrogens with zero attached hydrogens (tertiary/aromatic N) is 1. The van der Waals surface area contributed by atoms with Crippen LogP contribution >= 0.6 is 12.2 Å². The molecular formula is C10H22N2S. The zero-order valence-corrected chi connectivity index (χ0v) is 10.0. The molecule has 0 aromatic rings. The van der Waals surface area contributed by atoms with Crippen molar-refractivity contribution in [3.63, 3.8) is 0 Å². The van der Waals surface area contributed by atoms with Crippen LogP contribution in [-0.4, -0.2) is 29.5 Å². The van der Waals surface area contributed by atoms with Gasteiger partial charge in [0.1, 0.15) is 0 Å². The Bertz CT molecular complexity index is 159. The quantitative estimate of drug-likeness (QED) is 0.668. The summed E-state index contributed by atoms with van der Waals surface area (Å²) in [6, 6.07) is 0.627. The topological polar surface area (TPSA) is 29.3 Å². The van der Waals surface area contributed by atoms with Gasteiger partial charge in [-0.1, -0.05) is 32.5 Å². The Hall–Kier alpha value is -0.150. The largest absolute Gasteiger partial charge is 0.393 e. The van der Waals surface area contributed by atoms with Crippen LogP contribution in [0.4, 0.5) is 0 Å². The van der Waals surface area contributed by atoms with Crippen molar-refractivity contribution in [1.82, 2.24) is 4.90 Å². The van der Waals surface area contributed by atoms with Gasteiger partial charge in [0.15, 0.2) is 0 Å². The van der Waals surface area contributed by atoms with E-state index in [0.29, 0.717) is 16.9 Å². The van der Waals surface area contributed by atoms with Crippen LogP contribution < -0.4 is 5.73 Å². The van der Waals surface area contributed by atoms with Crippen molar-refractivity contribution in [2.24, 2.45) is 11.7 Å². The van der Waals surface area contributed by atoms with Crippen molar-refractivity contribution < 1.29 is 0 Å². The van der Waals surface area contributed by atoms with Crippen molar-refractivity contribution in [3.8, 4) is 0 Å². The maximum atomic E-state index is 5.56. The highest BCUT2D eigenvalue weighted by Crippen LogP contribution is 2.07. The minimum absolute atomic E-state index is 0.319. The first kappa shape index (κ1) is 12.8. The molecule has 0 amide bonds. The van der Waals surface area contributed by atoms with Crippen molar-refractivity contribution in [1.29, 1.82) is 0 Å². The van der Waals surface area contributed by atoms with E-state index in [1.54, 1.807) is 0 Å². The maximum absolute atomic E-state index is 5.56. The minimum atomic E-state index is 0.319. The fourth-order valence-corrected chi connectivity index (χ4v) is 1.41. The molecule has 2 nitrogen and oxygen atoms in total. The summed E-state index contributed by atoms with van der Waals surface area (Å²) in [6.45, 7) is 7.51. The molecule has 0 saturated heterocycles. The molecule has 3 heteroatoms. The highest BCUT2D eigenvalue weighted by atomic mass is 32.1. The van der Waals surface area contributed by atoms with Crippen molar-refractivity contribution in [2.75, 3.05) is 13.6 Å². The molecule has 0 saturated carbocycles. The summed E-state index contributed by atoms with van der Waals surface area (Å²) in [5, 5.41) is 0. The van der Waals surface area contributed by atoms with Gasteiger partial charge in [0.05, 0.1) is 4.99 Å². The summed E-state index contributed by atoms with van der Waals surface area (Å²) < 4.78 is 0. The van der Waals surface area contributed by atoms with Crippen LogP contribution in [0.1, 0.15) is 33.6 Å². The van der Waals surface area contributed by atoms with Crippen LogP contribution in [0.2, 0.25) is 0 Å². The van der Waals surface area contributed by atoms with Gasteiger partial charge in [0.2, 0.25) is 0 Å². The van der Waals surface area contributed by atoms with Gasteiger partial charge >= 0.3 is 0 Å². The molecule has 0 aliphatic rings. The van der Waals surface area contributed by atoms with Gasteiger partial charge in [-0.15, -0.1) is 0 Å². The molecule has 0 aliphatic carbocycles. The third-order valence-corrected chi connectivity index (χ3v) is 2.91.